The third-order valence-electron chi connectivity index (χ3n) is 5.54. The van der Waals surface area contributed by atoms with E-state index in [0.717, 1.165) is 25.3 Å². The Labute approximate surface area is 168 Å². The lowest BCUT2D eigenvalue weighted by Gasteiger charge is -2.35. The minimum absolute atomic E-state index is 0.188. The van der Waals surface area contributed by atoms with Gasteiger partial charge in [-0.3, -0.25) is 0 Å². The summed E-state index contributed by atoms with van der Waals surface area (Å²) in [5.74, 6) is 1.67. The maximum Gasteiger partial charge on any atom is 0.358 e. The maximum atomic E-state index is 11.5. The van der Waals surface area contributed by atoms with Gasteiger partial charge in [-0.25, -0.2) is 4.79 Å². The first-order valence-electron chi connectivity index (χ1n) is 9.30. The highest BCUT2D eigenvalue weighted by molar-refractivity contribution is 6.30. The first kappa shape index (κ1) is 19.0. The van der Waals surface area contributed by atoms with E-state index in [1.807, 2.05) is 12.1 Å². The van der Waals surface area contributed by atoms with Gasteiger partial charge in [0.2, 0.25) is 0 Å². The second-order valence-electron chi connectivity index (χ2n) is 7.35. The summed E-state index contributed by atoms with van der Waals surface area (Å²) in [6.07, 6.45) is 0.670. The molecule has 148 valence electrons. The summed E-state index contributed by atoms with van der Waals surface area (Å²) in [6.45, 7) is 1.62. The Balaban J connectivity index is 1.42. The molecule has 1 aromatic carbocycles. The number of carbonyl (C=O) groups excluding carboxylic acids is 1. The van der Waals surface area contributed by atoms with Crippen LogP contribution in [0.1, 0.15) is 23.3 Å². The second kappa shape index (κ2) is 7.93. The van der Waals surface area contributed by atoms with Gasteiger partial charge < -0.3 is 19.5 Å². The maximum absolute atomic E-state index is 11.5. The average Bonchev–Trinajstić information content (AvgIpc) is 3.10. The van der Waals surface area contributed by atoms with E-state index in [4.69, 9.17) is 16.3 Å². The normalized spacial score (nSPS) is 26.6. The highest BCUT2D eigenvalue weighted by Gasteiger charge is 2.43. The summed E-state index contributed by atoms with van der Waals surface area (Å²) >= 11 is 6.02. The van der Waals surface area contributed by atoms with E-state index in [2.05, 4.69) is 19.8 Å². The van der Waals surface area contributed by atoms with E-state index in [9.17, 15) is 9.90 Å². The van der Waals surface area contributed by atoms with Gasteiger partial charge in [-0.05, 0) is 55.0 Å². The van der Waals surface area contributed by atoms with Crippen molar-refractivity contribution in [3.05, 3.63) is 47.1 Å². The number of fused-ring (bicyclic) bond motifs is 1. The minimum Gasteiger partial charge on any atom is -0.488 e. The largest absolute Gasteiger partial charge is 0.488 e. The molecule has 2 heterocycles. The molecular formula is C20H22ClN3O4. The molecule has 2 aliphatic rings. The smallest absolute Gasteiger partial charge is 0.358 e. The highest BCUT2D eigenvalue weighted by atomic mass is 35.5. The van der Waals surface area contributed by atoms with Crippen molar-refractivity contribution in [2.45, 2.75) is 25.0 Å². The predicted octanol–water partition coefficient (Wildman–Crippen LogP) is 2.57. The van der Waals surface area contributed by atoms with Crippen molar-refractivity contribution < 1.29 is 19.4 Å². The summed E-state index contributed by atoms with van der Waals surface area (Å²) in [4.78, 5) is 13.7. The van der Waals surface area contributed by atoms with Gasteiger partial charge in [0.1, 0.15) is 11.9 Å². The Morgan fingerprint density at radius 3 is 2.64 bits per heavy atom. The van der Waals surface area contributed by atoms with Gasteiger partial charge in [0.05, 0.1) is 13.2 Å². The molecule has 0 unspecified atom stereocenters. The van der Waals surface area contributed by atoms with Crippen LogP contribution in [0.4, 0.5) is 5.82 Å². The number of rotatable bonds is 4. The molecule has 0 amide bonds. The van der Waals surface area contributed by atoms with Gasteiger partial charge in [-0.1, -0.05) is 17.7 Å². The quantitative estimate of drug-likeness (QED) is 0.785. The standard InChI is InChI=1S/C20H22ClN3O4/c1-27-20(26)16-5-6-19(23-22-16)24-10-12-7-17(25)18(8-13(12)11-24)28-15-4-2-3-14(21)9-15/h2-6,9,12-13,17-18,25H,7-8,10-11H2,1H3/t12-,13+,17+,18+/m0/s1. The van der Waals surface area contributed by atoms with Crippen LogP contribution < -0.4 is 9.64 Å². The molecule has 1 saturated heterocycles. The van der Waals surface area contributed by atoms with E-state index < -0.39 is 12.1 Å². The summed E-state index contributed by atoms with van der Waals surface area (Å²) in [6, 6.07) is 10.7. The number of aromatic nitrogens is 2. The number of hydrogen-bond donors (Lipinski definition) is 1. The number of esters is 1. The van der Waals surface area contributed by atoms with Crippen LogP contribution in [0.25, 0.3) is 0 Å². The molecular weight excluding hydrogens is 382 g/mol. The number of aliphatic hydroxyl groups excluding tert-OH is 1. The molecule has 4 atom stereocenters. The molecule has 2 aromatic rings. The minimum atomic E-state index is -0.520. The average molecular weight is 404 g/mol. The molecule has 7 nitrogen and oxygen atoms in total. The fourth-order valence-electron chi connectivity index (χ4n) is 4.13. The molecule has 0 radical (unpaired) electrons. The van der Waals surface area contributed by atoms with Gasteiger partial charge in [-0.15, -0.1) is 10.2 Å². The first-order valence-corrected chi connectivity index (χ1v) is 9.68. The van der Waals surface area contributed by atoms with E-state index in [-0.39, 0.29) is 11.8 Å². The van der Waals surface area contributed by atoms with Crippen molar-refractivity contribution in [3.63, 3.8) is 0 Å². The Kier molecular flexibility index (Phi) is 5.37. The van der Waals surface area contributed by atoms with Gasteiger partial charge in [-0.2, -0.15) is 0 Å². The number of hydrogen-bond acceptors (Lipinski definition) is 7. The first-order chi connectivity index (χ1) is 13.5. The van der Waals surface area contributed by atoms with Crippen molar-refractivity contribution >= 4 is 23.4 Å². The third kappa shape index (κ3) is 3.91. The van der Waals surface area contributed by atoms with E-state index in [0.29, 0.717) is 29.0 Å². The number of methoxy groups -OCH3 is 1. The van der Waals surface area contributed by atoms with Crippen LogP contribution in [0.3, 0.4) is 0 Å². The van der Waals surface area contributed by atoms with Gasteiger partial charge in [0.25, 0.3) is 0 Å². The molecule has 1 aliphatic carbocycles. The number of ether oxygens (including phenoxy) is 2. The molecule has 1 saturated carbocycles. The number of benzene rings is 1. The molecule has 0 bridgehead atoms. The van der Waals surface area contributed by atoms with Crippen LogP contribution in [0.15, 0.2) is 36.4 Å². The van der Waals surface area contributed by atoms with Crippen LogP contribution in [0.5, 0.6) is 5.75 Å². The topological polar surface area (TPSA) is 84.8 Å². The van der Waals surface area contributed by atoms with Crippen molar-refractivity contribution in [3.8, 4) is 5.75 Å². The van der Waals surface area contributed by atoms with Gasteiger partial charge >= 0.3 is 5.97 Å². The van der Waals surface area contributed by atoms with E-state index in [1.165, 1.54) is 7.11 Å². The van der Waals surface area contributed by atoms with Crippen molar-refractivity contribution in [2.24, 2.45) is 11.8 Å². The van der Waals surface area contributed by atoms with E-state index in [1.54, 1.807) is 24.3 Å². The highest BCUT2D eigenvalue weighted by Crippen LogP contribution is 2.39. The van der Waals surface area contributed by atoms with Crippen LogP contribution >= 0.6 is 11.6 Å². The predicted molar refractivity (Wildman–Crippen MR) is 104 cm³/mol. The zero-order valence-electron chi connectivity index (χ0n) is 15.5. The zero-order valence-corrected chi connectivity index (χ0v) is 16.2. The molecule has 1 aliphatic heterocycles. The van der Waals surface area contributed by atoms with Gasteiger partial charge in [0.15, 0.2) is 11.5 Å². The van der Waals surface area contributed by atoms with Crippen molar-refractivity contribution in [1.29, 1.82) is 0 Å². The summed E-state index contributed by atoms with van der Waals surface area (Å²) in [7, 11) is 1.32. The Bertz CT molecular complexity index is 848. The lowest BCUT2D eigenvalue weighted by Crippen LogP contribution is -2.42. The number of nitrogens with zero attached hydrogens (tertiary/aromatic N) is 3. The Morgan fingerprint density at radius 1 is 1.18 bits per heavy atom. The van der Waals surface area contributed by atoms with Crippen LogP contribution in [0.2, 0.25) is 5.02 Å². The fourth-order valence-corrected chi connectivity index (χ4v) is 4.31. The van der Waals surface area contributed by atoms with E-state index >= 15 is 0 Å². The SMILES string of the molecule is COC(=O)c1ccc(N2C[C@H]3C[C@@H](Oc4cccc(Cl)c4)[C@H](O)C[C@H]3C2)nn1. The van der Waals surface area contributed by atoms with Crippen LogP contribution in [0, 0.1) is 11.8 Å². The summed E-state index contributed by atoms with van der Waals surface area (Å²) in [5.41, 5.74) is 0.188. The van der Waals surface area contributed by atoms with Crippen LogP contribution in [-0.2, 0) is 4.74 Å². The third-order valence-corrected chi connectivity index (χ3v) is 5.77. The molecule has 28 heavy (non-hydrogen) atoms. The molecule has 4 rings (SSSR count). The van der Waals surface area contributed by atoms with Gasteiger partial charge in [0, 0.05) is 18.1 Å². The summed E-state index contributed by atoms with van der Waals surface area (Å²) in [5, 5.41) is 19.3. The summed E-state index contributed by atoms with van der Waals surface area (Å²) < 4.78 is 10.7. The molecule has 2 fully saturated rings. The molecule has 0 spiro atoms. The monoisotopic (exact) mass is 403 g/mol. The zero-order chi connectivity index (χ0) is 19.7. The number of anilines is 1. The van der Waals surface area contributed by atoms with Crippen molar-refractivity contribution in [1.82, 2.24) is 10.2 Å². The van der Waals surface area contributed by atoms with Crippen LogP contribution in [-0.4, -0.2) is 53.7 Å². The number of halogens is 1. The molecule has 1 N–H and O–H groups in total. The molecule has 1 aromatic heterocycles. The Morgan fingerprint density at radius 2 is 1.96 bits per heavy atom. The lowest BCUT2D eigenvalue weighted by atomic mass is 9.78. The lowest BCUT2D eigenvalue weighted by molar-refractivity contribution is -0.0231. The van der Waals surface area contributed by atoms with Crippen molar-refractivity contribution in [2.75, 3.05) is 25.1 Å². The Hall–Kier alpha value is -2.38. The fraction of sp³-hybridized carbons (Fsp3) is 0.450. The molecule has 8 heteroatoms. The number of aliphatic hydroxyl groups is 1. The number of carbonyl (C=O) groups is 1. The second-order valence-corrected chi connectivity index (χ2v) is 7.78.